The van der Waals surface area contributed by atoms with Crippen molar-refractivity contribution in [3.8, 4) is 0 Å². The number of hydrogen-bond donors (Lipinski definition) is 1. The van der Waals surface area contributed by atoms with Crippen molar-refractivity contribution in [2.45, 2.75) is 38.6 Å². The van der Waals surface area contributed by atoms with Gasteiger partial charge < -0.3 is 10.6 Å². The summed E-state index contributed by atoms with van der Waals surface area (Å²) in [6.07, 6.45) is 3.82. The molecule has 0 bridgehead atoms. The first-order valence-corrected chi connectivity index (χ1v) is 6.61. The molecule has 0 atom stereocenters. The second kappa shape index (κ2) is 4.28. The Morgan fingerprint density at radius 1 is 1.06 bits per heavy atom. The number of hydrogen-bond acceptors (Lipinski definition) is 3. The molecule has 0 saturated carbocycles. The Labute approximate surface area is 100.0 Å². The Morgan fingerprint density at radius 2 is 1.69 bits per heavy atom. The molecule has 2 aliphatic rings. The van der Waals surface area contributed by atoms with Gasteiger partial charge in [-0.3, -0.25) is 4.90 Å². The number of piperidine rings is 1. The third-order valence-electron chi connectivity index (χ3n) is 4.65. The summed E-state index contributed by atoms with van der Waals surface area (Å²) >= 11 is 0. The maximum atomic E-state index is 6.09. The minimum absolute atomic E-state index is 0.306. The van der Waals surface area contributed by atoms with Crippen molar-refractivity contribution in [2.75, 3.05) is 39.8 Å². The van der Waals surface area contributed by atoms with E-state index in [1.165, 1.54) is 45.4 Å². The molecule has 16 heavy (non-hydrogen) atoms. The van der Waals surface area contributed by atoms with E-state index in [1.54, 1.807) is 0 Å². The van der Waals surface area contributed by atoms with Crippen LogP contribution in [0, 0.1) is 5.41 Å². The Balaban J connectivity index is 2.05. The van der Waals surface area contributed by atoms with E-state index in [0.717, 1.165) is 6.54 Å². The predicted octanol–water partition coefficient (Wildman–Crippen LogP) is 1.14. The van der Waals surface area contributed by atoms with Crippen molar-refractivity contribution in [3.05, 3.63) is 0 Å². The van der Waals surface area contributed by atoms with E-state index in [-0.39, 0.29) is 0 Å². The van der Waals surface area contributed by atoms with Crippen LogP contribution in [0.2, 0.25) is 0 Å². The van der Waals surface area contributed by atoms with Crippen molar-refractivity contribution in [1.82, 2.24) is 9.80 Å². The average Bonchev–Trinajstić information content (AvgIpc) is 2.61. The van der Waals surface area contributed by atoms with Gasteiger partial charge in [0.1, 0.15) is 0 Å². The molecule has 3 heteroatoms. The normalized spacial score (nSPS) is 30.8. The first-order valence-electron chi connectivity index (χ1n) is 6.61. The summed E-state index contributed by atoms with van der Waals surface area (Å²) in [5.74, 6) is 0. The predicted molar refractivity (Wildman–Crippen MR) is 68.5 cm³/mol. The van der Waals surface area contributed by atoms with Crippen LogP contribution in [0.3, 0.4) is 0 Å². The number of rotatable bonds is 2. The van der Waals surface area contributed by atoms with Gasteiger partial charge in [-0.05, 0) is 51.4 Å². The summed E-state index contributed by atoms with van der Waals surface area (Å²) < 4.78 is 0. The summed E-state index contributed by atoms with van der Waals surface area (Å²) in [5, 5.41) is 0. The van der Waals surface area contributed by atoms with Gasteiger partial charge in [-0.1, -0.05) is 13.8 Å². The van der Waals surface area contributed by atoms with E-state index in [9.17, 15) is 0 Å². The molecule has 0 radical (unpaired) electrons. The van der Waals surface area contributed by atoms with Crippen molar-refractivity contribution < 1.29 is 0 Å². The van der Waals surface area contributed by atoms with Gasteiger partial charge in [0.2, 0.25) is 0 Å². The van der Waals surface area contributed by atoms with Gasteiger partial charge in [0.25, 0.3) is 0 Å². The Bertz CT molecular complexity index is 242. The quantitative estimate of drug-likeness (QED) is 0.765. The minimum atomic E-state index is 0.306. The fraction of sp³-hybridized carbons (Fsp3) is 1.00. The number of nitrogens with two attached hydrogens (primary N) is 1. The zero-order valence-electron chi connectivity index (χ0n) is 11.1. The molecule has 0 aromatic rings. The molecule has 2 heterocycles. The molecule has 0 amide bonds. The van der Waals surface area contributed by atoms with Crippen LogP contribution in [0.5, 0.6) is 0 Å². The van der Waals surface area contributed by atoms with Crippen molar-refractivity contribution in [3.63, 3.8) is 0 Å². The molecule has 2 rings (SSSR count). The van der Waals surface area contributed by atoms with Crippen LogP contribution >= 0.6 is 0 Å². The fourth-order valence-corrected chi connectivity index (χ4v) is 3.20. The van der Waals surface area contributed by atoms with Crippen LogP contribution in [0.1, 0.15) is 33.1 Å². The largest absolute Gasteiger partial charge is 0.329 e. The van der Waals surface area contributed by atoms with Crippen molar-refractivity contribution in [1.29, 1.82) is 0 Å². The van der Waals surface area contributed by atoms with Crippen LogP contribution in [0.25, 0.3) is 0 Å². The lowest BCUT2D eigenvalue weighted by atomic mass is 9.85. The van der Waals surface area contributed by atoms with E-state index >= 15 is 0 Å². The highest BCUT2D eigenvalue weighted by Gasteiger charge is 2.43. The Morgan fingerprint density at radius 3 is 2.12 bits per heavy atom. The van der Waals surface area contributed by atoms with Gasteiger partial charge in [-0.2, -0.15) is 0 Å². The molecule has 0 unspecified atom stereocenters. The highest BCUT2D eigenvalue weighted by Crippen LogP contribution is 2.37. The number of nitrogens with zero attached hydrogens (tertiary/aromatic N) is 2. The first kappa shape index (κ1) is 12.3. The lowest BCUT2D eigenvalue weighted by molar-refractivity contribution is 0.0454. The second-order valence-electron chi connectivity index (χ2n) is 6.57. The van der Waals surface area contributed by atoms with Crippen LogP contribution < -0.4 is 5.73 Å². The number of likely N-dealkylation sites (tertiary alicyclic amines) is 2. The molecule has 3 nitrogen and oxygen atoms in total. The lowest BCUT2D eigenvalue weighted by Gasteiger charge is -2.46. The highest BCUT2D eigenvalue weighted by atomic mass is 15.3. The molecular weight excluding hydrogens is 198 g/mol. The summed E-state index contributed by atoms with van der Waals surface area (Å²) in [5.41, 5.74) is 6.89. The summed E-state index contributed by atoms with van der Waals surface area (Å²) in [6, 6.07) is 0. The van der Waals surface area contributed by atoms with Crippen molar-refractivity contribution in [2.24, 2.45) is 11.1 Å². The smallest absolute Gasteiger partial charge is 0.0356 e. The van der Waals surface area contributed by atoms with Gasteiger partial charge in [-0.25, -0.2) is 0 Å². The van der Waals surface area contributed by atoms with E-state index < -0.39 is 0 Å². The fourth-order valence-electron chi connectivity index (χ4n) is 3.20. The Hall–Kier alpha value is -0.120. The van der Waals surface area contributed by atoms with Gasteiger partial charge >= 0.3 is 0 Å². The zero-order chi connectivity index (χ0) is 11.8. The molecule has 0 aliphatic carbocycles. The van der Waals surface area contributed by atoms with E-state index in [2.05, 4.69) is 30.7 Å². The third-order valence-corrected chi connectivity index (χ3v) is 4.65. The molecule has 2 saturated heterocycles. The zero-order valence-corrected chi connectivity index (χ0v) is 11.1. The van der Waals surface area contributed by atoms with E-state index in [1.807, 2.05) is 0 Å². The SMILES string of the molecule is CN1CCC(CN)(N2CCC(C)(C)C2)CC1. The maximum Gasteiger partial charge on any atom is 0.0356 e. The third kappa shape index (κ3) is 2.27. The molecule has 0 aromatic carbocycles. The standard InChI is InChI=1S/C13H27N3/c1-12(2)4-9-16(11-12)13(10-14)5-7-15(3)8-6-13/h4-11,14H2,1-3H3. The van der Waals surface area contributed by atoms with Crippen LogP contribution in [0.4, 0.5) is 0 Å². The summed E-state index contributed by atoms with van der Waals surface area (Å²) in [4.78, 5) is 5.11. The van der Waals surface area contributed by atoms with Gasteiger partial charge in [0.15, 0.2) is 0 Å². The molecule has 2 fully saturated rings. The minimum Gasteiger partial charge on any atom is -0.329 e. The van der Waals surface area contributed by atoms with Gasteiger partial charge in [-0.15, -0.1) is 0 Å². The van der Waals surface area contributed by atoms with Gasteiger partial charge in [0.05, 0.1) is 0 Å². The van der Waals surface area contributed by atoms with E-state index in [0.29, 0.717) is 11.0 Å². The average molecular weight is 225 g/mol. The molecule has 0 aromatic heterocycles. The van der Waals surface area contributed by atoms with Crippen LogP contribution in [-0.2, 0) is 0 Å². The van der Waals surface area contributed by atoms with E-state index in [4.69, 9.17) is 5.73 Å². The summed E-state index contributed by atoms with van der Waals surface area (Å²) in [6.45, 7) is 10.5. The summed E-state index contributed by atoms with van der Waals surface area (Å²) in [7, 11) is 2.22. The molecule has 2 N–H and O–H groups in total. The van der Waals surface area contributed by atoms with Crippen molar-refractivity contribution >= 4 is 0 Å². The Kier molecular flexibility index (Phi) is 3.30. The molecule has 0 spiro atoms. The monoisotopic (exact) mass is 225 g/mol. The molecule has 94 valence electrons. The lowest BCUT2D eigenvalue weighted by Crippen LogP contribution is -2.58. The molecular formula is C13H27N3. The van der Waals surface area contributed by atoms with Crippen LogP contribution in [0.15, 0.2) is 0 Å². The topological polar surface area (TPSA) is 32.5 Å². The first-order chi connectivity index (χ1) is 7.47. The molecule has 2 aliphatic heterocycles. The maximum absolute atomic E-state index is 6.09. The van der Waals surface area contributed by atoms with Gasteiger partial charge in [0, 0.05) is 18.6 Å². The van der Waals surface area contributed by atoms with Crippen LogP contribution in [-0.4, -0.2) is 55.1 Å². The highest BCUT2D eigenvalue weighted by molar-refractivity contribution is 5.00. The second-order valence-corrected chi connectivity index (χ2v) is 6.57.